The number of carboxylic acid groups (broad SMARTS) is 1. The first kappa shape index (κ1) is 14.6. The van der Waals surface area contributed by atoms with Crippen LogP contribution in [0.2, 0.25) is 0 Å². The molecule has 5 N–H and O–H groups in total. The highest BCUT2D eigenvalue weighted by atomic mass is 16.4. The van der Waals surface area contributed by atoms with Gasteiger partial charge in [0, 0.05) is 29.1 Å². The number of carboxylic acids is 1. The van der Waals surface area contributed by atoms with E-state index in [1.165, 1.54) is 0 Å². The third kappa shape index (κ3) is 3.59. The van der Waals surface area contributed by atoms with Crippen molar-refractivity contribution in [3.05, 3.63) is 36.0 Å². The van der Waals surface area contributed by atoms with Crippen molar-refractivity contribution in [1.29, 1.82) is 0 Å². The molecule has 1 aromatic heterocycles. The molecule has 2 amide bonds. The van der Waals surface area contributed by atoms with Gasteiger partial charge in [0.15, 0.2) is 0 Å². The van der Waals surface area contributed by atoms with Gasteiger partial charge in [-0.2, -0.15) is 0 Å². The minimum Gasteiger partial charge on any atom is -0.480 e. The molecule has 2 rings (SSSR count). The van der Waals surface area contributed by atoms with E-state index in [0.717, 1.165) is 10.9 Å². The van der Waals surface area contributed by atoms with Gasteiger partial charge in [0.25, 0.3) is 5.91 Å². The molecule has 1 aromatic carbocycles. The molecule has 0 saturated carbocycles. The van der Waals surface area contributed by atoms with E-state index in [0.29, 0.717) is 5.56 Å². The number of hydrogen-bond acceptors (Lipinski definition) is 3. The summed E-state index contributed by atoms with van der Waals surface area (Å²) in [5, 5.41) is 12.3. The quantitative estimate of drug-likeness (QED) is 0.621. The number of carbonyl (C=O) groups excluding carboxylic acids is 2. The summed E-state index contributed by atoms with van der Waals surface area (Å²) in [4.78, 5) is 36.9. The van der Waals surface area contributed by atoms with E-state index in [1.54, 1.807) is 24.4 Å². The Labute approximate surface area is 120 Å². The van der Waals surface area contributed by atoms with E-state index in [-0.39, 0.29) is 12.8 Å². The summed E-state index contributed by atoms with van der Waals surface area (Å²) in [5.41, 5.74) is 6.22. The highest BCUT2D eigenvalue weighted by molar-refractivity contribution is 5.99. The summed E-state index contributed by atoms with van der Waals surface area (Å²) in [7, 11) is 0. The van der Waals surface area contributed by atoms with Crippen LogP contribution in [0.4, 0.5) is 0 Å². The van der Waals surface area contributed by atoms with Crippen LogP contribution in [0.15, 0.2) is 30.5 Å². The summed E-state index contributed by atoms with van der Waals surface area (Å²) in [6.45, 7) is 0. The van der Waals surface area contributed by atoms with Crippen LogP contribution < -0.4 is 11.1 Å². The number of aliphatic carboxylic acids is 1. The lowest BCUT2D eigenvalue weighted by Crippen LogP contribution is -2.41. The van der Waals surface area contributed by atoms with Crippen LogP contribution in [0.1, 0.15) is 23.2 Å². The first-order valence-electron chi connectivity index (χ1n) is 6.36. The van der Waals surface area contributed by atoms with Gasteiger partial charge in [-0.05, 0) is 30.7 Å². The van der Waals surface area contributed by atoms with Crippen LogP contribution in [-0.2, 0) is 9.59 Å². The summed E-state index contributed by atoms with van der Waals surface area (Å²) < 4.78 is 0. The van der Waals surface area contributed by atoms with Gasteiger partial charge < -0.3 is 21.1 Å². The standard InChI is InChI=1S/C14H15N3O4/c15-12(18)4-3-11(14(20)21)17-13(19)9-1-2-10-8(7-9)5-6-16-10/h1-2,5-7,11,16H,3-4H2,(H2,15,18)(H,17,19)(H,20,21)/t11-/m1/s1. The second-order valence-corrected chi connectivity index (χ2v) is 4.65. The van der Waals surface area contributed by atoms with Crippen molar-refractivity contribution in [2.45, 2.75) is 18.9 Å². The fraction of sp³-hybridized carbons (Fsp3) is 0.214. The van der Waals surface area contributed by atoms with Gasteiger partial charge >= 0.3 is 5.97 Å². The van der Waals surface area contributed by atoms with Gasteiger partial charge in [0.1, 0.15) is 6.04 Å². The lowest BCUT2D eigenvalue weighted by molar-refractivity contribution is -0.139. The van der Waals surface area contributed by atoms with E-state index in [4.69, 9.17) is 10.8 Å². The number of amides is 2. The smallest absolute Gasteiger partial charge is 0.326 e. The van der Waals surface area contributed by atoms with Crippen LogP contribution in [0.25, 0.3) is 10.9 Å². The third-order valence-corrected chi connectivity index (χ3v) is 3.10. The number of aromatic nitrogens is 1. The minimum absolute atomic E-state index is 0.0389. The Morgan fingerprint density at radius 1 is 1.29 bits per heavy atom. The SMILES string of the molecule is NC(=O)CC[C@@H](NC(=O)c1ccc2[nH]ccc2c1)C(=O)O. The second-order valence-electron chi connectivity index (χ2n) is 4.65. The van der Waals surface area contributed by atoms with Crippen molar-refractivity contribution < 1.29 is 19.5 Å². The largest absolute Gasteiger partial charge is 0.480 e. The Morgan fingerprint density at radius 3 is 2.71 bits per heavy atom. The van der Waals surface area contributed by atoms with Crippen molar-refractivity contribution in [2.24, 2.45) is 5.73 Å². The number of carbonyl (C=O) groups is 3. The molecular formula is C14H15N3O4. The number of fused-ring (bicyclic) bond motifs is 1. The Kier molecular flexibility index (Phi) is 4.22. The molecule has 1 heterocycles. The second kappa shape index (κ2) is 6.08. The van der Waals surface area contributed by atoms with E-state index < -0.39 is 23.8 Å². The number of nitrogens with two attached hydrogens (primary N) is 1. The molecule has 7 nitrogen and oxygen atoms in total. The fourth-order valence-electron chi connectivity index (χ4n) is 1.98. The van der Waals surface area contributed by atoms with E-state index >= 15 is 0 Å². The molecule has 110 valence electrons. The van der Waals surface area contributed by atoms with Gasteiger partial charge in [-0.1, -0.05) is 0 Å². The summed E-state index contributed by atoms with van der Waals surface area (Å²) in [5.74, 6) is -2.31. The topological polar surface area (TPSA) is 125 Å². The normalized spacial score (nSPS) is 12.0. The van der Waals surface area contributed by atoms with Crippen molar-refractivity contribution in [1.82, 2.24) is 10.3 Å². The molecule has 0 radical (unpaired) electrons. The first-order valence-corrected chi connectivity index (χ1v) is 6.36. The molecule has 0 unspecified atom stereocenters. The summed E-state index contributed by atoms with van der Waals surface area (Å²) in [6, 6.07) is 5.67. The zero-order chi connectivity index (χ0) is 15.4. The molecule has 0 spiro atoms. The molecular weight excluding hydrogens is 274 g/mol. The van der Waals surface area contributed by atoms with Crippen LogP contribution in [0.3, 0.4) is 0 Å². The number of rotatable bonds is 6. The molecule has 7 heteroatoms. The molecule has 0 bridgehead atoms. The maximum Gasteiger partial charge on any atom is 0.326 e. The monoisotopic (exact) mass is 289 g/mol. The number of H-pyrrole nitrogens is 1. The number of benzene rings is 1. The first-order chi connectivity index (χ1) is 9.97. The highest BCUT2D eigenvalue weighted by Crippen LogP contribution is 2.14. The van der Waals surface area contributed by atoms with Crippen molar-refractivity contribution in [3.8, 4) is 0 Å². The maximum absolute atomic E-state index is 12.1. The average molecular weight is 289 g/mol. The van der Waals surface area contributed by atoms with Gasteiger partial charge in [-0.3, -0.25) is 9.59 Å². The van der Waals surface area contributed by atoms with Crippen molar-refractivity contribution >= 4 is 28.7 Å². The minimum atomic E-state index is -1.20. The Balaban J connectivity index is 2.10. The van der Waals surface area contributed by atoms with Crippen LogP contribution in [0, 0.1) is 0 Å². The van der Waals surface area contributed by atoms with Crippen molar-refractivity contribution in [3.63, 3.8) is 0 Å². The van der Waals surface area contributed by atoms with Gasteiger partial charge in [0.2, 0.25) is 5.91 Å². The van der Waals surface area contributed by atoms with Gasteiger partial charge in [0.05, 0.1) is 0 Å². The zero-order valence-corrected chi connectivity index (χ0v) is 11.1. The molecule has 2 aromatic rings. The molecule has 21 heavy (non-hydrogen) atoms. The van der Waals surface area contributed by atoms with E-state index in [2.05, 4.69) is 10.3 Å². The molecule has 0 fully saturated rings. The lowest BCUT2D eigenvalue weighted by Gasteiger charge is -2.13. The number of primary amides is 1. The Bertz CT molecular complexity index is 692. The summed E-state index contributed by atoms with van der Waals surface area (Å²) >= 11 is 0. The predicted octanol–water partition coefficient (Wildman–Crippen LogP) is 0.616. The number of hydrogen-bond donors (Lipinski definition) is 4. The van der Waals surface area contributed by atoms with Gasteiger partial charge in [-0.25, -0.2) is 4.79 Å². The molecule has 0 saturated heterocycles. The Morgan fingerprint density at radius 2 is 2.05 bits per heavy atom. The van der Waals surface area contributed by atoms with Crippen molar-refractivity contribution in [2.75, 3.05) is 0 Å². The lowest BCUT2D eigenvalue weighted by atomic mass is 10.1. The molecule has 0 aliphatic heterocycles. The van der Waals surface area contributed by atoms with E-state index in [9.17, 15) is 14.4 Å². The van der Waals surface area contributed by atoms with Crippen LogP contribution >= 0.6 is 0 Å². The van der Waals surface area contributed by atoms with Crippen LogP contribution in [0.5, 0.6) is 0 Å². The average Bonchev–Trinajstić information content (AvgIpc) is 2.89. The zero-order valence-electron chi connectivity index (χ0n) is 11.1. The summed E-state index contributed by atoms with van der Waals surface area (Å²) in [6.07, 6.45) is 1.61. The van der Waals surface area contributed by atoms with Crippen LogP contribution in [-0.4, -0.2) is 33.9 Å². The van der Waals surface area contributed by atoms with E-state index in [1.807, 2.05) is 6.07 Å². The Hall–Kier alpha value is -2.83. The fourth-order valence-corrected chi connectivity index (χ4v) is 1.98. The third-order valence-electron chi connectivity index (χ3n) is 3.10. The predicted molar refractivity (Wildman–Crippen MR) is 75.6 cm³/mol. The van der Waals surface area contributed by atoms with Gasteiger partial charge in [-0.15, -0.1) is 0 Å². The maximum atomic E-state index is 12.1. The molecule has 1 atom stereocenters. The highest BCUT2D eigenvalue weighted by Gasteiger charge is 2.21. The molecule has 0 aliphatic rings. The number of aromatic amines is 1. The number of nitrogens with one attached hydrogen (secondary N) is 2. The molecule has 0 aliphatic carbocycles.